The minimum Gasteiger partial charge on any atom is -0.462 e. The summed E-state index contributed by atoms with van der Waals surface area (Å²) in [5.74, 6) is -0.330. The molecule has 1 fully saturated rings. The van der Waals surface area contributed by atoms with Crippen molar-refractivity contribution in [2.24, 2.45) is 11.8 Å². The zero-order valence-corrected chi connectivity index (χ0v) is 14.9. The molecule has 0 bridgehead atoms. The van der Waals surface area contributed by atoms with Gasteiger partial charge in [0.25, 0.3) is 0 Å². The van der Waals surface area contributed by atoms with Crippen LogP contribution in [0.15, 0.2) is 0 Å². The van der Waals surface area contributed by atoms with Gasteiger partial charge in [-0.3, -0.25) is 4.79 Å². The van der Waals surface area contributed by atoms with Crippen molar-refractivity contribution in [1.82, 2.24) is 0 Å². The molecule has 0 aromatic carbocycles. The van der Waals surface area contributed by atoms with Crippen molar-refractivity contribution in [2.45, 2.75) is 71.4 Å². The molecule has 1 heterocycles. The number of rotatable bonds is 4. The minimum absolute atomic E-state index is 0.0312. The Morgan fingerprint density at radius 1 is 1.30 bits per heavy atom. The summed E-state index contributed by atoms with van der Waals surface area (Å²) < 4.78 is 11.9. The fraction of sp³-hybridized carbons (Fsp3) is 0.933. The van der Waals surface area contributed by atoms with Crippen LogP contribution in [-0.4, -0.2) is 38.2 Å². The summed E-state index contributed by atoms with van der Waals surface area (Å²) in [5, 5.41) is 9.22. The molecule has 0 aliphatic carbocycles. The van der Waals surface area contributed by atoms with Crippen molar-refractivity contribution in [2.75, 3.05) is 6.61 Å². The van der Waals surface area contributed by atoms with E-state index in [1.54, 1.807) is 0 Å². The number of cyclic esters (lactones) is 1. The molecule has 5 heteroatoms. The Bertz CT molecular complexity index is 348. The predicted molar refractivity (Wildman–Crippen MR) is 82.0 cm³/mol. The molecule has 1 saturated heterocycles. The molecular formula is C15H30O4Si. The maximum absolute atomic E-state index is 12.0. The van der Waals surface area contributed by atoms with Gasteiger partial charge in [0.1, 0.15) is 6.10 Å². The predicted octanol–water partition coefficient (Wildman–Crippen LogP) is 2.96. The van der Waals surface area contributed by atoms with Crippen molar-refractivity contribution >= 4 is 14.3 Å². The van der Waals surface area contributed by atoms with E-state index >= 15 is 0 Å². The summed E-state index contributed by atoms with van der Waals surface area (Å²) in [7, 11) is -1.93. The Kier molecular flexibility index (Phi) is 5.44. The second-order valence-electron chi connectivity index (χ2n) is 7.48. The normalized spacial score (nSPS) is 32.1. The SMILES string of the molecule is C[C@H]1[C@H](O[Si](C)(C)C(C)(C)C)[C@@H](C)C(=O)O[C@H]1CCO. The highest BCUT2D eigenvalue weighted by Gasteiger charge is 2.47. The van der Waals surface area contributed by atoms with Gasteiger partial charge in [0.15, 0.2) is 8.32 Å². The second-order valence-corrected chi connectivity index (χ2v) is 12.2. The highest BCUT2D eigenvalue weighted by molar-refractivity contribution is 6.74. The van der Waals surface area contributed by atoms with Gasteiger partial charge in [0.2, 0.25) is 0 Å². The van der Waals surface area contributed by atoms with Crippen LogP contribution in [0.25, 0.3) is 0 Å². The van der Waals surface area contributed by atoms with Crippen LogP contribution >= 0.6 is 0 Å². The molecule has 1 aliphatic rings. The topological polar surface area (TPSA) is 55.8 Å². The van der Waals surface area contributed by atoms with Crippen molar-refractivity contribution in [3.63, 3.8) is 0 Å². The average Bonchev–Trinajstić information content (AvgIpc) is 2.30. The van der Waals surface area contributed by atoms with Crippen LogP contribution in [0, 0.1) is 11.8 Å². The molecule has 4 atom stereocenters. The Morgan fingerprint density at radius 2 is 1.85 bits per heavy atom. The maximum atomic E-state index is 12.0. The largest absolute Gasteiger partial charge is 0.462 e. The van der Waals surface area contributed by atoms with Crippen LogP contribution in [0.3, 0.4) is 0 Å². The van der Waals surface area contributed by atoms with Crippen molar-refractivity contribution < 1.29 is 19.1 Å². The van der Waals surface area contributed by atoms with Crippen molar-refractivity contribution in [3.8, 4) is 0 Å². The lowest BCUT2D eigenvalue weighted by Crippen LogP contribution is -2.54. The van der Waals surface area contributed by atoms with Crippen molar-refractivity contribution in [3.05, 3.63) is 0 Å². The first kappa shape index (κ1) is 17.7. The third-order valence-electron chi connectivity index (χ3n) is 4.89. The first-order valence-electron chi connectivity index (χ1n) is 7.50. The molecular weight excluding hydrogens is 272 g/mol. The second kappa shape index (κ2) is 6.16. The molecule has 118 valence electrons. The van der Waals surface area contributed by atoms with E-state index in [9.17, 15) is 4.79 Å². The van der Waals surface area contributed by atoms with Gasteiger partial charge in [0, 0.05) is 18.9 Å². The standard InChI is InChI=1S/C15H30O4Si/c1-10-12(8-9-16)18-14(17)11(2)13(10)19-20(6,7)15(3,4)5/h10-13,16H,8-9H2,1-7H3/t10-,11-,12+,13+/m1/s1. The first-order valence-corrected chi connectivity index (χ1v) is 10.4. The maximum Gasteiger partial charge on any atom is 0.311 e. The average molecular weight is 302 g/mol. The highest BCUT2D eigenvalue weighted by atomic mass is 28.4. The lowest BCUT2D eigenvalue weighted by Gasteiger charge is -2.46. The Hall–Kier alpha value is -0.393. The molecule has 0 aromatic rings. The van der Waals surface area contributed by atoms with Gasteiger partial charge >= 0.3 is 5.97 Å². The Balaban J connectivity index is 2.92. The molecule has 0 spiro atoms. The zero-order valence-electron chi connectivity index (χ0n) is 13.9. The summed E-state index contributed by atoms with van der Waals surface area (Å²) in [6.07, 6.45) is 0.129. The number of esters is 1. The van der Waals surface area contributed by atoms with E-state index in [1.807, 2.05) is 6.92 Å². The molecule has 0 radical (unpaired) electrons. The zero-order chi connectivity index (χ0) is 15.7. The van der Waals surface area contributed by atoms with E-state index in [2.05, 4.69) is 40.8 Å². The van der Waals surface area contributed by atoms with Crippen molar-refractivity contribution in [1.29, 1.82) is 0 Å². The lowest BCUT2D eigenvalue weighted by molar-refractivity contribution is -0.177. The van der Waals surface area contributed by atoms with Crippen LogP contribution in [0.1, 0.15) is 41.0 Å². The summed E-state index contributed by atoms with van der Waals surface area (Å²) in [4.78, 5) is 12.0. The van der Waals surface area contributed by atoms with E-state index < -0.39 is 8.32 Å². The molecule has 0 aromatic heterocycles. The van der Waals surface area contributed by atoms with Gasteiger partial charge in [-0.05, 0) is 25.1 Å². The van der Waals surface area contributed by atoms with Crippen LogP contribution < -0.4 is 0 Å². The molecule has 4 nitrogen and oxygen atoms in total. The number of hydrogen-bond acceptors (Lipinski definition) is 4. The third-order valence-corrected chi connectivity index (χ3v) is 9.36. The van der Waals surface area contributed by atoms with Gasteiger partial charge in [-0.25, -0.2) is 0 Å². The van der Waals surface area contributed by atoms with Gasteiger partial charge in [-0.2, -0.15) is 0 Å². The monoisotopic (exact) mass is 302 g/mol. The molecule has 0 unspecified atom stereocenters. The summed E-state index contributed by atoms with van der Waals surface area (Å²) in [6.45, 7) is 15.0. The van der Waals surface area contributed by atoms with E-state index in [4.69, 9.17) is 14.3 Å². The highest BCUT2D eigenvalue weighted by Crippen LogP contribution is 2.41. The fourth-order valence-electron chi connectivity index (χ4n) is 2.34. The number of hydrogen-bond donors (Lipinski definition) is 1. The van der Waals surface area contributed by atoms with Gasteiger partial charge in [-0.15, -0.1) is 0 Å². The van der Waals surface area contributed by atoms with Crippen LogP contribution in [0.4, 0.5) is 0 Å². The van der Waals surface area contributed by atoms with Crippen LogP contribution in [-0.2, 0) is 14.0 Å². The molecule has 1 rings (SSSR count). The number of carbonyl (C=O) groups is 1. The molecule has 1 aliphatic heterocycles. The smallest absolute Gasteiger partial charge is 0.311 e. The third kappa shape index (κ3) is 3.62. The van der Waals surface area contributed by atoms with E-state index in [-0.39, 0.29) is 41.7 Å². The lowest BCUT2D eigenvalue weighted by atomic mass is 9.85. The Labute approximate surface area is 124 Å². The van der Waals surface area contributed by atoms with E-state index in [1.165, 1.54) is 0 Å². The number of carbonyl (C=O) groups excluding carboxylic acids is 1. The molecule has 0 saturated carbocycles. The summed E-state index contributed by atoms with van der Waals surface area (Å²) in [6, 6.07) is 0. The van der Waals surface area contributed by atoms with Crippen LogP contribution in [0.5, 0.6) is 0 Å². The van der Waals surface area contributed by atoms with Gasteiger partial charge in [-0.1, -0.05) is 27.7 Å². The van der Waals surface area contributed by atoms with Gasteiger partial charge in [0.05, 0.1) is 12.0 Å². The minimum atomic E-state index is -1.93. The van der Waals surface area contributed by atoms with E-state index in [0.717, 1.165) is 0 Å². The van der Waals surface area contributed by atoms with Crippen LogP contribution in [0.2, 0.25) is 18.1 Å². The summed E-state index contributed by atoms with van der Waals surface area (Å²) >= 11 is 0. The quantitative estimate of drug-likeness (QED) is 0.641. The number of ether oxygens (including phenoxy) is 1. The summed E-state index contributed by atoms with van der Waals surface area (Å²) in [5.41, 5.74) is 0. The first-order chi connectivity index (χ1) is 9.01. The molecule has 0 amide bonds. The Morgan fingerprint density at radius 3 is 2.30 bits per heavy atom. The van der Waals surface area contributed by atoms with E-state index in [0.29, 0.717) is 6.42 Å². The fourth-order valence-corrected chi connectivity index (χ4v) is 3.79. The number of aliphatic hydroxyl groups is 1. The molecule has 20 heavy (non-hydrogen) atoms. The van der Waals surface area contributed by atoms with Gasteiger partial charge < -0.3 is 14.3 Å². The number of aliphatic hydroxyl groups excluding tert-OH is 1. The molecule has 1 N–H and O–H groups in total.